The number of esters is 1. The van der Waals surface area contributed by atoms with E-state index in [1.807, 2.05) is 27.7 Å². The Kier molecular flexibility index (Phi) is 5.54. The van der Waals surface area contributed by atoms with Crippen LogP contribution in [-0.4, -0.2) is 18.0 Å². The molecule has 1 amide bonds. The van der Waals surface area contributed by atoms with Crippen molar-refractivity contribution in [1.29, 1.82) is 0 Å². The van der Waals surface area contributed by atoms with Crippen LogP contribution in [0.1, 0.15) is 54.9 Å². The van der Waals surface area contributed by atoms with Gasteiger partial charge in [0.05, 0.1) is 11.7 Å². The molecule has 0 saturated heterocycles. The molecule has 0 aliphatic carbocycles. The molecule has 1 heterocycles. The van der Waals surface area contributed by atoms with Crippen molar-refractivity contribution in [1.82, 2.24) is 0 Å². The van der Waals surface area contributed by atoms with E-state index in [9.17, 15) is 9.59 Å². The summed E-state index contributed by atoms with van der Waals surface area (Å²) in [5.41, 5.74) is 1.47. The van der Waals surface area contributed by atoms with Gasteiger partial charge in [-0.25, -0.2) is 4.79 Å². The number of hydrogen-bond donors (Lipinski definition) is 1. The number of carbonyl (C=O) groups is 2. The summed E-state index contributed by atoms with van der Waals surface area (Å²) in [7, 11) is 0. The highest BCUT2D eigenvalue weighted by molar-refractivity contribution is 7.16. The number of nitrogens with one attached hydrogen (secondary N) is 1. The Morgan fingerprint density at radius 3 is 2.42 bits per heavy atom. The molecule has 0 bridgehead atoms. The Bertz CT molecular complexity index is 477. The molecule has 0 unspecified atom stereocenters. The lowest BCUT2D eigenvalue weighted by Crippen LogP contribution is -2.16. The van der Waals surface area contributed by atoms with Crippen molar-refractivity contribution in [2.75, 3.05) is 5.32 Å². The monoisotopic (exact) mass is 283 g/mol. The first-order valence-corrected chi connectivity index (χ1v) is 7.35. The van der Waals surface area contributed by atoms with Crippen LogP contribution in [0.15, 0.2) is 0 Å². The zero-order valence-corrected chi connectivity index (χ0v) is 12.9. The normalized spacial score (nSPS) is 10.6. The molecule has 0 aromatic carbocycles. The molecular formula is C14H21NO3S. The maximum atomic E-state index is 12.2. The third-order valence-corrected chi connectivity index (χ3v) is 3.75. The van der Waals surface area contributed by atoms with Crippen LogP contribution in [0.3, 0.4) is 0 Å². The van der Waals surface area contributed by atoms with Crippen LogP contribution in [0.2, 0.25) is 0 Å². The van der Waals surface area contributed by atoms with Crippen LogP contribution < -0.4 is 5.32 Å². The van der Waals surface area contributed by atoms with Crippen LogP contribution in [-0.2, 0) is 16.0 Å². The third-order valence-electron chi connectivity index (χ3n) is 2.68. The minimum absolute atomic E-state index is 0.0949. The molecule has 0 fully saturated rings. The Labute approximate surface area is 118 Å². The standard InChI is InChI=1S/C14H21NO3S/c1-6-10-9(5)19-13(15-11(16)7-2)12(10)14(17)18-8(3)4/h8H,6-7H2,1-5H3,(H,15,16). The highest BCUT2D eigenvalue weighted by Gasteiger charge is 2.23. The molecule has 0 spiro atoms. The fourth-order valence-electron chi connectivity index (χ4n) is 1.80. The zero-order chi connectivity index (χ0) is 14.6. The Morgan fingerprint density at radius 1 is 1.32 bits per heavy atom. The quantitative estimate of drug-likeness (QED) is 0.841. The van der Waals surface area contributed by atoms with Crippen LogP contribution in [0.4, 0.5) is 5.00 Å². The number of hydrogen-bond acceptors (Lipinski definition) is 4. The van der Waals surface area contributed by atoms with Gasteiger partial charge >= 0.3 is 5.97 Å². The van der Waals surface area contributed by atoms with Gasteiger partial charge < -0.3 is 10.1 Å². The molecule has 19 heavy (non-hydrogen) atoms. The van der Waals surface area contributed by atoms with Crippen molar-refractivity contribution in [2.24, 2.45) is 0 Å². The summed E-state index contributed by atoms with van der Waals surface area (Å²) in [5.74, 6) is -0.454. The highest BCUT2D eigenvalue weighted by Crippen LogP contribution is 2.34. The summed E-state index contributed by atoms with van der Waals surface area (Å²) in [6, 6.07) is 0. The predicted molar refractivity (Wildman–Crippen MR) is 77.9 cm³/mol. The van der Waals surface area contributed by atoms with E-state index in [1.54, 1.807) is 6.92 Å². The molecule has 0 aliphatic heterocycles. The molecule has 106 valence electrons. The van der Waals surface area contributed by atoms with E-state index in [4.69, 9.17) is 4.74 Å². The van der Waals surface area contributed by atoms with E-state index in [0.29, 0.717) is 17.0 Å². The Hall–Kier alpha value is -1.36. The van der Waals surface area contributed by atoms with E-state index in [-0.39, 0.29) is 18.0 Å². The summed E-state index contributed by atoms with van der Waals surface area (Å²) >= 11 is 1.43. The van der Waals surface area contributed by atoms with Crippen molar-refractivity contribution >= 4 is 28.2 Å². The summed E-state index contributed by atoms with van der Waals surface area (Å²) in [6.07, 6.45) is 0.955. The fourth-order valence-corrected chi connectivity index (χ4v) is 2.95. The van der Waals surface area contributed by atoms with Gasteiger partial charge in [-0.2, -0.15) is 0 Å². The van der Waals surface area contributed by atoms with Crippen LogP contribution in [0.25, 0.3) is 0 Å². The molecule has 1 aromatic heterocycles. The first-order chi connectivity index (χ1) is 8.90. The lowest BCUT2D eigenvalue weighted by atomic mass is 10.1. The minimum atomic E-state index is -0.359. The summed E-state index contributed by atoms with van der Waals surface area (Å²) < 4.78 is 5.26. The van der Waals surface area contributed by atoms with Crippen LogP contribution in [0.5, 0.6) is 0 Å². The van der Waals surface area contributed by atoms with Gasteiger partial charge in [-0.15, -0.1) is 11.3 Å². The number of carbonyl (C=O) groups excluding carboxylic acids is 2. The molecule has 1 N–H and O–H groups in total. The van der Waals surface area contributed by atoms with Gasteiger partial charge in [0, 0.05) is 11.3 Å². The molecule has 0 aliphatic rings. The molecular weight excluding hydrogens is 262 g/mol. The molecule has 5 heteroatoms. The minimum Gasteiger partial charge on any atom is -0.459 e. The number of thiophene rings is 1. The van der Waals surface area contributed by atoms with Gasteiger partial charge in [0.2, 0.25) is 5.91 Å². The van der Waals surface area contributed by atoms with Crippen molar-refractivity contribution in [2.45, 2.75) is 53.6 Å². The summed E-state index contributed by atoms with van der Waals surface area (Å²) in [5, 5.41) is 3.39. The molecule has 1 aromatic rings. The average molecular weight is 283 g/mol. The van der Waals surface area contributed by atoms with Crippen molar-refractivity contribution in [3.8, 4) is 0 Å². The van der Waals surface area contributed by atoms with Crippen LogP contribution in [0, 0.1) is 6.92 Å². The maximum Gasteiger partial charge on any atom is 0.341 e. The van der Waals surface area contributed by atoms with E-state index in [0.717, 1.165) is 16.9 Å². The van der Waals surface area contributed by atoms with Gasteiger partial charge in [-0.3, -0.25) is 4.79 Å². The lowest BCUT2D eigenvalue weighted by Gasteiger charge is -2.10. The Balaban J connectivity index is 3.16. The van der Waals surface area contributed by atoms with Gasteiger partial charge in [0.1, 0.15) is 5.00 Å². The largest absolute Gasteiger partial charge is 0.459 e. The van der Waals surface area contributed by atoms with Gasteiger partial charge in [0.15, 0.2) is 0 Å². The molecule has 0 radical (unpaired) electrons. The lowest BCUT2D eigenvalue weighted by molar-refractivity contribution is -0.115. The highest BCUT2D eigenvalue weighted by atomic mass is 32.1. The van der Waals surface area contributed by atoms with Crippen molar-refractivity contribution < 1.29 is 14.3 Å². The molecule has 4 nitrogen and oxygen atoms in total. The van der Waals surface area contributed by atoms with Crippen LogP contribution >= 0.6 is 11.3 Å². The zero-order valence-electron chi connectivity index (χ0n) is 12.1. The van der Waals surface area contributed by atoms with E-state index in [1.165, 1.54) is 11.3 Å². The number of anilines is 1. The predicted octanol–water partition coefficient (Wildman–Crippen LogP) is 3.53. The fraction of sp³-hybridized carbons (Fsp3) is 0.571. The van der Waals surface area contributed by atoms with Gasteiger partial charge in [-0.05, 0) is 32.8 Å². The smallest absolute Gasteiger partial charge is 0.341 e. The number of ether oxygens (including phenoxy) is 1. The number of rotatable bonds is 5. The second kappa shape index (κ2) is 6.70. The second-order valence-corrected chi connectivity index (χ2v) is 5.78. The number of aryl methyl sites for hydroxylation is 1. The molecule has 1 rings (SSSR count). The van der Waals surface area contributed by atoms with Crippen molar-refractivity contribution in [3.05, 3.63) is 16.0 Å². The first-order valence-electron chi connectivity index (χ1n) is 6.53. The summed E-state index contributed by atoms with van der Waals surface area (Å²) in [4.78, 5) is 24.7. The molecule has 0 atom stereocenters. The first kappa shape index (κ1) is 15.7. The van der Waals surface area contributed by atoms with E-state index >= 15 is 0 Å². The average Bonchev–Trinajstić information content (AvgIpc) is 2.63. The van der Waals surface area contributed by atoms with Gasteiger partial charge in [0.25, 0.3) is 0 Å². The summed E-state index contributed by atoms with van der Waals surface area (Å²) in [6.45, 7) is 9.35. The third kappa shape index (κ3) is 3.80. The molecule has 0 saturated carbocycles. The van der Waals surface area contributed by atoms with E-state index < -0.39 is 0 Å². The number of amides is 1. The topological polar surface area (TPSA) is 55.4 Å². The van der Waals surface area contributed by atoms with Gasteiger partial charge in [-0.1, -0.05) is 13.8 Å². The Morgan fingerprint density at radius 2 is 1.95 bits per heavy atom. The maximum absolute atomic E-state index is 12.2. The SMILES string of the molecule is CCC(=O)Nc1sc(C)c(CC)c1C(=O)OC(C)C. The van der Waals surface area contributed by atoms with E-state index in [2.05, 4.69) is 5.32 Å². The second-order valence-electron chi connectivity index (χ2n) is 4.55. The van der Waals surface area contributed by atoms with Crippen molar-refractivity contribution in [3.63, 3.8) is 0 Å².